The van der Waals surface area contributed by atoms with Gasteiger partial charge in [-0.25, -0.2) is 14.2 Å². The normalized spacial score (nSPS) is 10.5. The number of rotatable bonds is 2. The molecular weight excluding hydrogens is 315 g/mol. The van der Waals surface area contributed by atoms with Gasteiger partial charge in [0.05, 0.1) is 21.3 Å². The van der Waals surface area contributed by atoms with E-state index in [1.54, 1.807) is 0 Å². The summed E-state index contributed by atoms with van der Waals surface area (Å²) in [5.74, 6) is -1.97. The summed E-state index contributed by atoms with van der Waals surface area (Å²) in [5.41, 5.74) is -0.0294. The topological polar surface area (TPSA) is 50.2 Å². The van der Waals surface area contributed by atoms with Crippen LogP contribution in [0.4, 0.5) is 4.39 Å². The Morgan fingerprint density at radius 3 is 2.47 bits per heavy atom. The highest BCUT2D eigenvalue weighted by Crippen LogP contribution is 2.38. The molecule has 0 amide bonds. The molecule has 1 N–H and O–H groups in total. The first-order valence-corrected chi connectivity index (χ1v) is 6.08. The second-order valence-corrected chi connectivity index (χ2v) is 4.74. The van der Waals surface area contributed by atoms with Gasteiger partial charge in [0, 0.05) is 11.1 Å². The third-order valence-electron chi connectivity index (χ3n) is 2.38. The molecular formula is C12H5Cl3FNO2. The van der Waals surface area contributed by atoms with Crippen molar-refractivity contribution >= 4 is 40.8 Å². The highest BCUT2D eigenvalue weighted by atomic mass is 35.5. The summed E-state index contributed by atoms with van der Waals surface area (Å²) in [4.78, 5) is 14.6. The van der Waals surface area contributed by atoms with Crippen LogP contribution in [0, 0.1) is 5.82 Å². The average molecular weight is 321 g/mol. The van der Waals surface area contributed by atoms with Gasteiger partial charge in [0.25, 0.3) is 0 Å². The predicted molar refractivity (Wildman–Crippen MR) is 71.6 cm³/mol. The van der Waals surface area contributed by atoms with Gasteiger partial charge in [-0.1, -0.05) is 40.9 Å². The van der Waals surface area contributed by atoms with Crippen LogP contribution in [0.15, 0.2) is 24.4 Å². The van der Waals surface area contributed by atoms with Gasteiger partial charge in [-0.05, 0) is 12.1 Å². The number of aromatic nitrogens is 1. The van der Waals surface area contributed by atoms with E-state index >= 15 is 0 Å². The standard InChI is InChI=1S/C12H5Cl3FNO2/c13-8-2-1-6(9(14)10(8)15)7-3-5(16)4-17-11(7)12(18)19/h1-4H,(H,18,19). The molecule has 1 aromatic heterocycles. The minimum Gasteiger partial charge on any atom is -0.476 e. The largest absolute Gasteiger partial charge is 0.476 e. The molecule has 0 unspecified atom stereocenters. The Balaban J connectivity index is 2.75. The zero-order valence-corrected chi connectivity index (χ0v) is 11.4. The van der Waals surface area contributed by atoms with Crippen LogP contribution in [0.2, 0.25) is 15.1 Å². The number of carboxylic acid groups (broad SMARTS) is 1. The van der Waals surface area contributed by atoms with Crippen LogP contribution in [0.1, 0.15) is 10.5 Å². The minimum absolute atomic E-state index is 0.0380. The summed E-state index contributed by atoms with van der Waals surface area (Å²) in [5, 5.41) is 9.38. The van der Waals surface area contributed by atoms with Crippen molar-refractivity contribution in [2.75, 3.05) is 0 Å². The van der Waals surface area contributed by atoms with Crippen LogP contribution < -0.4 is 0 Å². The molecule has 0 spiro atoms. The van der Waals surface area contributed by atoms with Gasteiger partial charge in [0.1, 0.15) is 5.82 Å². The lowest BCUT2D eigenvalue weighted by atomic mass is 10.0. The van der Waals surface area contributed by atoms with Crippen molar-refractivity contribution in [2.45, 2.75) is 0 Å². The lowest BCUT2D eigenvalue weighted by molar-refractivity contribution is 0.0691. The maximum absolute atomic E-state index is 13.3. The third-order valence-corrected chi connectivity index (χ3v) is 3.68. The number of pyridine rings is 1. The second kappa shape index (κ2) is 5.33. The van der Waals surface area contributed by atoms with Gasteiger partial charge in [0.15, 0.2) is 5.69 Å². The molecule has 0 saturated heterocycles. The molecule has 19 heavy (non-hydrogen) atoms. The van der Waals surface area contributed by atoms with E-state index in [-0.39, 0.29) is 31.9 Å². The molecule has 0 saturated carbocycles. The van der Waals surface area contributed by atoms with Gasteiger partial charge in [-0.3, -0.25) is 0 Å². The minimum atomic E-state index is -1.29. The van der Waals surface area contributed by atoms with Crippen molar-refractivity contribution in [1.29, 1.82) is 0 Å². The van der Waals surface area contributed by atoms with Crippen LogP contribution in [0.5, 0.6) is 0 Å². The van der Waals surface area contributed by atoms with Crippen LogP contribution >= 0.6 is 34.8 Å². The van der Waals surface area contributed by atoms with Crippen molar-refractivity contribution in [2.24, 2.45) is 0 Å². The Kier molecular flexibility index (Phi) is 3.94. The highest BCUT2D eigenvalue weighted by Gasteiger charge is 2.18. The fraction of sp³-hybridized carbons (Fsp3) is 0. The maximum atomic E-state index is 13.3. The number of hydrogen-bond acceptors (Lipinski definition) is 2. The van der Waals surface area contributed by atoms with Crippen molar-refractivity contribution in [3.63, 3.8) is 0 Å². The summed E-state index contributed by atoms with van der Waals surface area (Å²) >= 11 is 17.7. The monoisotopic (exact) mass is 319 g/mol. The zero-order valence-electron chi connectivity index (χ0n) is 9.12. The molecule has 2 aromatic rings. The van der Waals surface area contributed by atoms with Gasteiger partial charge >= 0.3 is 5.97 Å². The molecule has 2 rings (SSSR count). The number of carbonyl (C=O) groups is 1. The lowest BCUT2D eigenvalue weighted by Crippen LogP contribution is -2.04. The van der Waals surface area contributed by atoms with Gasteiger partial charge in [-0.15, -0.1) is 0 Å². The lowest BCUT2D eigenvalue weighted by Gasteiger charge is -2.09. The van der Waals surface area contributed by atoms with Crippen molar-refractivity contribution in [1.82, 2.24) is 4.98 Å². The summed E-state index contributed by atoms with van der Waals surface area (Å²) in [6, 6.07) is 3.93. The molecule has 0 aliphatic rings. The summed E-state index contributed by atoms with van der Waals surface area (Å²) in [6.45, 7) is 0. The smallest absolute Gasteiger partial charge is 0.355 e. The van der Waals surface area contributed by atoms with E-state index in [2.05, 4.69) is 4.98 Å². The van der Waals surface area contributed by atoms with E-state index in [1.165, 1.54) is 12.1 Å². The third kappa shape index (κ3) is 2.66. The first-order chi connectivity index (χ1) is 8.91. The van der Waals surface area contributed by atoms with Crippen molar-refractivity contribution in [3.05, 3.63) is 51.0 Å². The van der Waals surface area contributed by atoms with Crippen LogP contribution in [0.25, 0.3) is 11.1 Å². The Hall–Kier alpha value is -1.36. The number of aromatic carboxylic acids is 1. The molecule has 1 aromatic carbocycles. The first kappa shape index (κ1) is 14.1. The molecule has 98 valence electrons. The Bertz CT molecular complexity index is 676. The first-order valence-electron chi connectivity index (χ1n) is 4.94. The molecule has 0 atom stereocenters. The van der Waals surface area contributed by atoms with E-state index in [1.807, 2.05) is 0 Å². The van der Waals surface area contributed by atoms with Crippen molar-refractivity contribution in [3.8, 4) is 11.1 Å². The van der Waals surface area contributed by atoms with E-state index in [4.69, 9.17) is 39.9 Å². The van der Waals surface area contributed by atoms with E-state index < -0.39 is 11.8 Å². The van der Waals surface area contributed by atoms with Crippen molar-refractivity contribution < 1.29 is 14.3 Å². The molecule has 0 fully saturated rings. The fourth-order valence-electron chi connectivity index (χ4n) is 1.55. The van der Waals surface area contributed by atoms with Crippen LogP contribution in [-0.4, -0.2) is 16.1 Å². The number of halogens is 4. The number of nitrogens with zero attached hydrogens (tertiary/aromatic N) is 1. The Morgan fingerprint density at radius 2 is 1.84 bits per heavy atom. The zero-order chi connectivity index (χ0) is 14.2. The Labute approximate surface area is 122 Å². The fourth-order valence-corrected chi connectivity index (χ4v) is 2.19. The number of carboxylic acids is 1. The number of hydrogen-bond donors (Lipinski definition) is 1. The summed E-state index contributed by atoms with van der Waals surface area (Å²) in [6.07, 6.45) is 0.818. The summed E-state index contributed by atoms with van der Waals surface area (Å²) < 4.78 is 13.3. The molecule has 1 heterocycles. The summed E-state index contributed by atoms with van der Waals surface area (Å²) in [7, 11) is 0. The molecule has 0 aliphatic carbocycles. The molecule has 0 radical (unpaired) electrons. The van der Waals surface area contributed by atoms with E-state index in [0.717, 1.165) is 12.3 Å². The average Bonchev–Trinajstić information content (AvgIpc) is 2.35. The quantitative estimate of drug-likeness (QED) is 0.826. The van der Waals surface area contributed by atoms with Crippen LogP contribution in [-0.2, 0) is 0 Å². The SMILES string of the molecule is O=C(O)c1ncc(F)cc1-c1ccc(Cl)c(Cl)c1Cl. The Morgan fingerprint density at radius 1 is 1.16 bits per heavy atom. The van der Waals surface area contributed by atoms with Crippen LogP contribution in [0.3, 0.4) is 0 Å². The maximum Gasteiger partial charge on any atom is 0.355 e. The van der Waals surface area contributed by atoms with Gasteiger partial charge in [-0.2, -0.15) is 0 Å². The highest BCUT2D eigenvalue weighted by molar-refractivity contribution is 6.49. The van der Waals surface area contributed by atoms with Gasteiger partial charge in [0.2, 0.25) is 0 Å². The molecule has 3 nitrogen and oxygen atoms in total. The predicted octanol–water partition coefficient (Wildman–Crippen LogP) is 4.55. The van der Waals surface area contributed by atoms with Gasteiger partial charge < -0.3 is 5.11 Å². The molecule has 0 bridgehead atoms. The molecule has 0 aliphatic heterocycles. The van der Waals surface area contributed by atoms with E-state index in [0.29, 0.717) is 0 Å². The second-order valence-electron chi connectivity index (χ2n) is 3.58. The molecule has 7 heteroatoms. The number of benzene rings is 1. The van der Waals surface area contributed by atoms with E-state index in [9.17, 15) is 9.18 Å².